The number of fused-ring (bicyclic) bond motifs is 2. The van der Waals surface area contributed by atoms with Crippen molar-refractivity contribution in [1.82, 2.24) is 29.6 Å². The van der Waals surface area contributed by atoms with E-state index in [2.05, 4.69) is 20.1 Å². The van der Waals surface area contributed by atoms with Gasteiger partial charge < -0.3 is 9.64 Å². The molecule has 1 aliphatic heterocycles. The highest BCUT2D eigenvalue weighted by molar-refractivity contribution is 5.97. The molecule has 0 saturated carbocycles. The molecule has 4 heterocycles. The van der Waals surface area contributed by atoms with E-state index in [1.165, 1.54) is 0 Å². The maximum atomic E-state index is 13.8. The molecule has 0 unspecified atom stereocenters. The van der Waals surface area contributed by atoms with Crippen LogP contribution in [-0.4, -0.2) is 67.8 Å². The Bertz CT molecular complexity index is 1310. The second-order valence-corrected chi connectivity index (χ2v) is 7.53. The van der Waals surface area contributed by atoms with Gasteiger partial charge in [0.1, 0.15) is 6.61 Å². The Morgan fingerprint density at radius 3 is 2.90 bits per heavy atom. The van der Waals surface area contributed by atoms with Crippen LogP contribution < -0.4 is 0 Å². The first-order chi connectivity index (χ1) is 14.9. The third-order valence-corrected chi connectivity index (χ3v) is 5.09. The van der Waals surface area contributed by atoms with E-state index in [1.54, 1.807) is 35.3 Å². The van der Waals surface area contributed by atoms with Gasteiger partial charge in [0.2, 0.25) is 0 Å². The zero-order valence-corrected chi connectivity index (χ0v) is 16.6. The Morgan fingerprint density at radius 2 is 2.03 bits per heavy atom. The molecule has 31 heavy (non-hydrogen) atoms. The van der Waals surface area contributed by atoms with Gasteiger partial charge >= 0.3 is 0 Å². The van der Waals surface area contributed by atoms with Crippen LogP contribution in [0.25, 0.3) is 33.3 Å². The van der Waals surface area contributed by atoms with Gasteiger partial charge in [-0.2, -0.15) is 5.10 Å². The van der Waals surface area contributed by atoms with Crippen LogP contribution in [0.5, 0.6) is 0 Å². The Labute approximate surface area is 175 Å². The van der Waals surface area contributed by atoms with Crippen LogP contribution in [0.3, 0.4) is 0 Å². The van der Waals surface area contributed by atoms with Gasteiger partial charge in [-0.1, -0.05) is 0 Å². The lowest BCUT2D eigenvalue weighted by Crippen LogP contribution is -2.41. The summed E-state index contributed by atoms with van der Waals surface area (Å²) in [6, 6.07) is 6.73. The Morgan fingerprint density at radius 1 is 1.16 bits per heavy atom. The number of aryl methyl sites for hydroxylation is 1. The summed E-state index contributed by atoms with van der Waals surface area (Å²) in [6.45, 7) is -1.18. The normalized spacial score (nSPS) is 16.5. The van der Waals surface area contributed by atoms with E-state index < -0.39 is 25.0 Å². The lowest BCUT2D eigenvalue weighted by Gasteiger charge is -2.23. The number of carbonyl (C=O) groups excluding carboxylic acids is 1. The summed E-state index contributed by atoms with van der Waals surface area (Å²) in [6.07, 6.45) is 5.16. The van der Waals surface area contributed by atoms with E-state index in [0.717, 1.165) is 15.8 Å². The van der Waals surface area contributed by atoms with Crippen LogP contribution in [0, 0.1) is 0 Å². The monoisotopic (exact) mass is 424 g/mol. The van der Waals surface area contributed by atoms with Crippen molar-refractivity contribution in [2.24, 2.45) is 7.05 Å². The number of hydrogen-bond donors (Lipinski definition) is 0. The van der Waals surface area contributed by atoms with Gasteiger partial charge in [0.05, 0.1) is 36.1 Å². The highest BCUT2D eigenvalue weighted by Crippen LogP contribution is 2.24. The quantitative estimate of drug-likeness (QED) is 0.492. The van der Waals surface area contributed by atoms with Crippen molar-refractivity contribution < 1.29 is 18.3 Å². The SMILES string of the molecule is Cn1cc2cc(-c3cnc4ccc(C(=O)N5CCOCC(F)(F)C5)cc4n3)cnc2n1. The summed E-state index contributed by atoms with van der Waals surface area (Å²) in [5, 5.41) is 5.13. The molecule has 158 valence electrons. The first-order valence-corrected chi connectivity index (χ1v) is 9.69. The largest absolute Gasteiger partial charge is 0.373 e. The molecule has 10 heteroatoms. The summed E-state index contributed by atoms with van der Waals surface area (Å²) in [5.74, 6) is -3.56. The van der Waals surface area contributed by atoms with Crippen molar-refractivity contribution in [2.45, 2.75) is 5.92 Å². The summed E-state index contributed by atoms with van der Waals surface area (Å²) in [5.41, 5.74) is 3.34. The molecular formula is C21H18F2N6O2. The van der Waals surface area contributed by atoms with E-state index in [4.69, 9.17) is 4.74 Å². The first-order valence-electron chi connectivity index (χ1n) is 9.69. The van der Waals surface area contributed by atoms with Crippen molar-refractivity contribution in [1.29, 1.82) is 0 Å². The van der Waals surface area contributed by atoms with E-state index in [0.29, 0.717) is 22.4 Å². The molecule has 0 aliphatic carbocycles. The molecule has 8 nitrogen and oxygen atoms in total. The Hall–Kier alpha value is -3.53. The number of benzene rings is 1. The van der Waals surface area contributed by atoms with Crippen molar-refractivity contribution in [2.75, 3.05) is 26.3 Å². The predicted molar refractivity (Wildman–Crippen MR) is 109 cm³/mol. The van der Waals surface area contributed by atoms with Gasteiger partial charge in [-0.15, -0.1) is 0 Å². The zero-order chi connectivity index (χ0) is 21.6. The standard InChI is InChI=1S/C21H18F2N6O2/c1-28-10-15-6-14(8-25-19(15)27-28)18-9-24-16-3-2-13(7-17(16)26-18)20(30)29-4-5-31-12-21(22,23)11-29/h2-3,6-10H,4-5,11-12H2,1H3. The van der Waals surface area contributed by atoms with Crippen LogP contribution in [0.2, 0.25) is 0 Å². The summed E-state index contributed by atoms with van der Waals surface area (Å²) in [7, 11) is 1.82. The van der Waals surface area contributed by atoms with Crippen molar-refractivity contribution >= 4 is 28.0 Å². The fourth-order valence-electron chi connectivity index (χ4n) is 3.61. The number of carbonyl (C=O) groups is 1. The second kappa shape index (κ2) is 7.31. The van der Waals surface area contributed by atoms with Crippen LogP contribution in [0.15, 0.2) is 42.9 Å². The fourth-order valence-corrected chi connectivity index (χ4v) is 3.61. The van der Waals surface area contributed by atoms with Gasteiger partial charge in [-0.05, 0) is 24.3 Å². The topological polar surface area (TPSA) is 86.0 Å². The van der Waals surface area contributed by atoms with Crippen LogP contribution in [0.1, 0.15) is 10.4 Å². The highest BCUT2D eigenvalue weighted by atomic mass is 19.3. The third kappa shape index (κ3) is 3.81. The molecule has 0 atom stereocenters. The van der Waals surface area contributed by atoms with Gasteiger partial charge in [0.15, 0.2) is 5.65 Å². The maximum Gasteiger partial charge on any atom is 0.288 e. The van der Waals surface area contributed by atoms with Gasteiger partial charge in [0.25, 0.3) is 11.8 Å². The molecule has 1 saturated heterocycles. The van der Waals surface area contributed by atoms with Crippen molar-refractivity contribution in [3.8, 4) is 11.3 Å². The van der Waals surface area contributed by atoms with Crippen molar-refractivity contribution in [3.05, 3.63) is 48.4 Å². The molecule has 1 aromatic carbocycles. The predicted octanol–water partition coefficient (Wildman–Crippen LogP) is 2.69. The minimum atomic E-state index is -3.08. The number of rotatable bonds is 2. The molecule has 0 bridgehead atoms. The lowest BCUT2D eigenvalue weighted by atomic mass is 10.1. The molecule has 0 spiro atoms. The lowest BCUT2D eigenvalue weighted by molar-refractivity contribution is -0.0660. The number of amides is 1. The highest BCUT2D eigenvalue weighted by Gasteiger charge is 2.36. The van der Waals surface area contributed by atoms with Crippen molar-refractivity contribution in [3.63, 3.8) is 0 Å². The van der Waals surface area contributed by atoms with E-state index in [9.17, 15) is 13.6 Å². The fraction of sp³-hybridized carbons (Fsp3) is 0.286. The van der Waals surface area contributed by atoms with Crippen LogP contribution in [0.4, 0.5) is 8.78 Å². The molecule has 5 rings (SSSR count). The van der Waals surface area contributed by atoms with E-state index >= 15 is 0 Å². The molecule has 4 aromatic rings. The second-order valence-electron chi connectivity index (χ2n) is 7.53. The molecule has 1 amide bonds. The molecule has 0 N–H and O–H groups in total. The number of alkyl halides is 2. The number of halogens is 2. The molecule has 3 aromatic heterocycles. The molecular weight excluding hydrogens is 406 g/mol. The number of nitrogens with zero attached hydrogens (tertiary/aromatic N) is 6. The number of hydrogen-bond acceptors (Lipinski definition) is 6. The first kappa shape index (κ1) is 19.4. The minimum Gasteiger partial charge on any atom is -0.373 e. The number of aromatic nitrogens is 5. The summed E-state index contributed by atoms with van der Waals surface area (Å²) in [4.78, 5) is 27.4. The zero-order valence-electron chi connectivity index (χ0n) is 16.6. The number of ether oxygens (including phenoxy) is 1. The van der Waals surface area contributed by atoms with Crippen LogP contribution in [-0.2, 0) is 11.8 Å². The van der Waals surface area contributed by atoms with Gasteiger partial charge in [-0.3, -0.25) is 14.5 Å². The Balaban J connectivity index is 1.49. The summed E-state index contributed by atoms with van der Waals surface area (Å²) < 4.78 is 34.3. The average molecular weight is 424 g/mol. The van der Waals surface area contributed by atoms with Crippen LogP contribution >= 0.6 is 0 Å². The third-order valence-electron chi connectivity index (χ3n) is 5.09. The molecule has 0 radical (unpaired) electrons. The molecule has 1 aliphatic rings. The van der Waals surface area contributed by atoms with Gasteiger partial charge in [0, 0.05) is 42.5 Å². The number of pyridine rings is 1. The Kier molecular flexibility index (Phi) is 4.58. The van der Waals surface area contributed by atoms with Gasteiger partial charge in [-0.25, -0.2) is 18.7 Å². The average Bonchev–Trinajstić information content (AvgIpc) is 3.03. The minimum absolute atomic E-state index is 0.0721. The summed E-state index contributed by atoms with van der Waals surface area (Å²) >= 11 is 0. The smallest absolute Gasteiger partial charge is 0.288 e. The van der Waals surface area contributed by atoms with E-state index in [1.807, 2.05) is 19.3 Å². The molecule has 1 fully saturated rings. The maximum absolute atomic E-state index is 13.8. The van der Waals surface area contributed by atoms with E-state index in [-0.39, 0.29) is 18.7 Å².